The van der Waals surface area contributed by atoms with Crippen LogP contribution in [0.1, 0.15) is 38.2 Å². The van der Waals surface area contributed by atoms with Crippen molar-refractivity contribution in [2.75, 3.05) is 13.7 Å². The smallest absolute Gasteiger partial charge is 0.247 e. The molecule has 0 spiro atoms. The average molecular weight is 332 g/mol. The molecule has 118 valence electrons. The number of sulfonamides is 1. The minimum atomic E-state index is -3.53. The quantitative estimate of drug-likeness (QED) is 0.777. The fourth-order valence-electron chi connectivity index (χ4n) is 2.83. The first-order valence-electron chi connectivity index (χ1n) is 7.29. The molecule has 2 rings (SSSR count). The fourth-order valence-corrected chi connectivity index (χ4v) is 4.90. The molecule has 4 nitrogen and oxygen atoms in total. The van der Waals surface area contributed by atoms with Gasteiger partial charge in [-0.2, -0.15) is 4.31 Å². The molecule has 1 aliphatic rings. The Hall–Kier alpha value is -0.780. The molecule has 0 saturated carbocycles. The lowest BCUT2D eigenvalue weighted by atomic mass is 10.0. The number of nitrogens with zero attached hydrogens (tertiary/aromatic N) is 1. The summed E-state index contributed by atoms with van der Waals surface area (Å²) in [5.74, 6) is 0.700. The van der Waals surface area contributed by atoms with Gasteiger partial charge < -0.3 is 4.74 Å². The van der Waals surface area contributed by atoms with Crippen LogP contribution in [0.15, 0.2) is 23.1 Å². The van der Waals surface area contributed by atoms with Crippen LogP contribution in [0.5, 0.6) is 5.75 Å². The van der Waals surface area contributed by atoms with Gasteiger partial charge in [-0.25, -0.2) is 8.42 Å². The molecule has 1 unspecified atom stereocenters. The van der Waals surface area contributed by atoms with Gasteiger partial charge in [0, 0.05) is 18.5 Å². The lowest BCUT2D eigenvalue weighted by molar-refractivity contribution is 0.246. The summed E-state index contributed by atoms with van der Waals surface area (Å²) in [7, 11) is -2.04. The van der Waals surface area contributed by atoms with E-state index >= 15 is 0 Å². The molecule has 0 bridgehead atoms. The minimum Gasteiger partial charge on any atom is -0.495 e. The van der Waals surface area contributed by atoms with Gasteiger partial charge in [0.05, 0.1) is 7.11 Å². The molecule has 0 radical (unpaired) electrons. The Labute approximate surface area is 132 Å². The molecule has 1 heterocycles. The number of hydrogen-bond acceptors (Lipinski definition) is 3. The van der Waals surface area contributed by atoms with Crippen LogP contribution in [0.25, 0.3) is 0 Å². The van der Waals surface area contributed by atoms with Crippen LogP contribution in [-0.4, -0.2) is 32.4 Å². The molecule has 1 aliphatic heterocycles. The van der Waals surface area contributed by atoms with Crippen molar-refractivity contribution in [3.8, 4) is 5.75 Å². The average Bonchev–Trinajstić information content (AvgIpc) is 2.53. The fraction of sp³-hybridized carbons (Fsp3) is 0.600. The molecule has 1 saturated heterocycles. The summed E-state index contributed by atoms with van der Waals surface area (Å²) in [5, 5.41) is 0. The third-order valence-corrected chi connectivity index (χ3v) is 6.31. The van der Waals surface area contributed by atoms with E-state index in [-0.39, 0.29) is 10.9 Å². The Bertz CT molecular complexity index is 589. The van der Waals surface area contributed by atoms with E-state index in [1.807, 2.05) is 6.92 Å². The summed E-state index contributed by atoms with van der Waals surface area (Å²) in [5.41, 5.74) is 0.846. The monoisotopic (exact) mass is 331 g/mol. The van der Waals surface area contributed by atoms with Gasteiger partial charge in [-0.1, -0.05) is 19.4 Å². The molecule has 1 fully saturated rings. The Kier molecular flexibility index (Phi) is 5.52. The zero-order chi connectivity index (χ0) is 15.5. The van der Waals surface area contributed by atoms with Crippen LogP contribution >= 0.6 is 11.6 Å². The van der Waals surface area contributed by atoms with E-state index < -0.39 is 10.0 Å². The highest BCUT2D eigenvalue weighted by molar-refractivity contribution is 7.89. The number of methoxy groups -OCH3 is 1. The highest BCUT2D eigenvalue weighted by Crippen LogP contribution is 2.32. The third kappa shape index (κ3) is 3.35. The minimum absolute atomic E-state index is 0.0844. The van der Waals surface area contributed by atoms with Crippen molar-refractivity contribution >= 4 is 21.6 Å². The van der Waals surface area contributed by atoms with Crippen molar-refractivity contribution in [3.63, 3.8) is 0 Å². The summed E-state index contributed by atoms with van der Waals surface area (Å²) >= 11 is 5.80. The van der Waals surface area contributed by atoms with Gasteiger partial charge in [0.15, 0.2) is 0 Å². The van der Waals surface area contributed by atoms with Gasteiger partial charge in [0.25, 0.3) is 0 Å². The predicted octanol–water partition coefficient (Wildman–Crippen LogP) is 3.39. The SMILES string of the molecule is CCC1CCCCN1S(=O)(=O)c1ccc(CCl)cc1OC. The van der Waals surface area contributed by atoms with Crippen LogP contribution in [0.4, 0.5) is 0 Å². The molecule has 0 N–H and O–H groups in total. The number of ether oxygens (including phenoxy) is 1. The number of rotatable bonds is 5. The second-order valence-electron chi connectivity index (χ2n) is 5.29. The first-order chi connectivity index (χ1) is 10.0. The van der Waals surface area contributed by atoms with E-state index in [4.69, 9.17) is 16.3 Å². The van der Waals surface area contributed by atoms with E-state index in [0.717, 1.165) is 31.2 Å². The standard InChI is InChI=1S/C15H22ClNO3S/c1-3-13-6-4-5-9-17(13)21(18,19)15-8-7-12(11-16)10-14(15)20-2/h7-8,10,13H,3-6,9,11H2,1-2H3. The number of piperidine rings is 1. The lowest BCUT2D eigenvalue weighted by Gasteiger charge is -2.34. The molecule has 1 atom stereocenters. The van der Waals surface area contributed by atoms with E-state index in [1.165, 1.54) is 7.11 Å². The zero-order valence-electron chi connectivity index (χ0n) is 12.5. The van der Waals surface area contributed by atoms with Gasteiger partial charge in [0.2, 0.25) is 10.0 Å². The molecule has 1 aromatic rings. The molecular formula is C15H22ClNO3S. The Balaban J connectivity index is 2.43. The summed E-state index contributed by atoms with van der Waals surface area (Å²) in [6, 6.07) is 5.13. The Morgan fingerprint density at radius 1 is 1.38 bits per heavy atom. The summed E-state index contributed by atoms with van der Waals surface area (Å²) in [6.07, 6.45) is 3.77. The lowest BCUT2D eigenvalue weighted by Crippen LogP contribution is -2.43. The maximum atomic E-state index is 12.9. The molecule has 0 amide bonds. The number of benzene rings is 1. The van der Waals surface area contributed by atoms with E-state index in [9.17, 15) is 8.42 Å². The molecule has 1 aromatic carbocycles. The topological polar surface area (TPSA) is 46.6 Å². The molecule has 0 aliphatic carbocycles. The predicted molar refractivity (Wildman–Crippen MR) is 84.4 cm³/mol. The van der Waals surface area contributed by atoms with Crippen molar-refractivity contribution in [2.45, 2.75) is 49.4 Å². The number of alkyl halides is 1. The highest BCUT2D eigenvalue weighted by atomic mass is 35.5. The van der Waals surface area contributed by atoms with Gasteiger partial charge in [-0.05, 0) is 37.0 Å². The molecular weight excluding hydrogens is 310 g/mol. The van der Waals surface area contributed by atoms with Crippen LogP contribution in [-0.2, 0) is 15.9 Å². The van der Waals surface area contributed by atoms with Crippen molar-refractivity contribution in [3.05, 3.63) is 23.8 Å². The number of halogens is 1. The van der Waals surface area contributed by atoms with Crippen molar-refractivity contribution in [1.82, 2.24) is 4.31 Å². The van der Waals surface area contributed by atoms with Gasteiger partial charge >= 0.3 is 0 Å². The van der Waals surface area contributed by atoms with Gasteiger partial charge in [0.1, 0.15) is 10.6 Å². The van der Waals surface area contributed by atoms with Crippen molar-refractivity contribution < 1.29 is 13.2 Å². The third-order valence-electron chi connectivity index (χ3n) is 4.01. The summed E-state index contributed by atoms with van der Waals surface area (Å²) in [4.78, 5) is 0.235. The van der Waals surface area contributed by atoms with Gasteiger partial charge in [-0.3, -0.25) is 0 Å². The summed E-state index contributed by atoms with van der Waals surface area (Å²) in [6.45, 7) is 2.62. The van der Waals surface area contributed by atoms with Crippen molar-refractivity contribution in [1.29, 1.82) is 0 Å². The van der Waals surface area contributed by atoms with E-state index in [2.05, 4.69) is 0 Å². The summed E-state index contributed by atoms with van der Waals surface area (Å²) < 4.78 is 32.8. The van der Waals surface area contributed by atoms with Crippen molar-refractivity contribution in [2.24, 2.45) is 0 Å². The number of hydrogen-bond donors (Lipinski definition) is 0. The maximum absolute atomic E-state index is 12.9. The first kappa shape index (κ1) is 16.6. The second kappa shape index (κ2) is 6.99. The maximum Gasteiger partial charge on any atom is 0.247 e. The molecule has 0 aromatic heterocycles. The molecule has 21 heavy (non-hydrogen) atoms. The first-order valence-corrected chi connectivity index (χ1v) is 9.26. The van der Waals surface area contributed by atoms with Crippen LogP contribution in [0, 0.1) is 0 Å². The molecule has 6 heteroatoms. The van der Waals surface area contributed by atoms with Gasteiger partial charge in [-0.15, -0.1) is 11.6 Å². The Morgan fingerprint density at radius 3 is 2.76 bits per heavy atom. The van der Waals surface area contributed by atoms with E-state index in [1.54, 1.807) is 22.5 Å². The normalized spacial score (nSPS) is 20.4. The van der Waals surface area contributed by atoms with Crippen LogP contribution in [0.3, 0.4) is 0 Å². The van der Waals surface area contributed by atoms with E-state index in [0.29, 0.717) is 18.2 Å². The highest BCUT2D eigenvalue weighted by Gasteiger charge is 2.34. The largest absolute Gasteiger partial charge is 0.495 e. The van der Waals surface area contributed by atoms with Crippen LogP contribution in [0.2, 0.25) is 0 Å². The second-order valence-corrected chi connectivity index (χ2v) is 7.42. The van der Waals surface area contributed by atoms with Crippen LogP contribution < -0.4 is 4.74 Å². The Morgan fingerprint density at radius 2 is 2.14 bits per heavy atom. The zero-order valence-corrected chi connectivity index (χ0v) is 14.1.